The summed E-state index contributed by atoms with van der Waals surface area (Å²) in [5.41, 5.74) is 9.28. The fourth-order valence-electron chi connectivity index (χ4n) is 4.31. The van der Waals surface area contributed by atoms with E-state index in [1.807, 2.05) is 6.33 Å². The molecule has 1 aromatic heterocycles. The average Bonchev–Trinajstić information content (AvgIpc) is 3.12. The van der Waals surface area contributed by atoms with Crippen molar-refractivity contribution in [3.63, 3.8) is 0 Å². The normalized spacial score (nSPS) is 15.2. The van der Waals surface area contributed by atoms with E-state index in [9.17, 15) is 0 Å². The van der Waals surface area contributed by atoms with Crippen LogP contribution in [0.1, 0.15) is 53.9 Å². The van der Waals surface area contributed by atoms with Crippen LogP contribution in [0.3, 0.4) is 0 Å². The number of hydrogen-bond donors (Lipinski definition) is 0. The first-order valence-corrected chi connectivity index (χ1v) is 9.41. The van der Waals surface area contributed by atoms with E-state index in [1.165, 1.54) is 64.6 Å². The Morgan fingerprint density at radius 1 is 1.00 bits per heavy atom. The quantitative estimate of drug-likeness (QED) is 0.582. The third-order valence-electron chi connectivity index (χ3n) is 5.90. The Morgan fingerprint density at radius 2 is 1.76 bits per heavy atom. The van der Waals surface area contributed by atoms with Crippen LogP contribution in [0.25, 0.3) is 22.2 Å². The van der Waals surface area contributed by atoms with Gasteiger partial charge in [0.15, 0.2) is 5.52 Å². The SMILES string of the molecule is Cc1ccc2c(-c3cc(C4CCCC4)cc(C)c3C)[n+](C)cnc2c1. The molecule has 0 bridgehead atoms. The minimum Gasteiger partial charge on any atom is -0.232 e. The number of rotatable bonds is 2. The number of aryl methyl sites for hydroxylation is 3. The van der Waals surface area contributed by atoms with Gasteiger partial charge >= 0.3 is 0 Å². The molecule has 2 aromatic carbocycles. The van der Waals surface area contributed by atoms with Gasteiger partial charge in [-0.3, -0.25) is 0 Å². The number of fused-ring (bicyclic) bond motifs is 1. The van der Waals surface area contributed by atoms with Gasteiger partial charge in [0.2, 0.25) is 0 Å². The lowest BCUT2D eigenvalue weighted by molar-refractivity contribution is -0.662. The van der Waals surface area contributed by atoms with E-state index in [1.54, 1.807) is 0 Å². The highest BCUT2D eigenvalue weighted by Gasteiger charge is 2.22. The van der Waals surface area contributed by atoms with Gasteiger partial charge in [-0.1, -0.05) is 25.0 Å². The second-order valence-electron chi connectivity index (χ2n) is 7.72. The van der Waals surface area contributed by atoms with Crippen LogP contribution in [0.4, 0.5) is 0 Å². The van der Waals surface area contributed by atoms with Crippen molar-refractivity contribution < 1.29 is 4.57 Å². The second kappa shape index (κ2) is 6.25. The molecule has 0 radical (unpaired) electrons. The van der Waals surface area contributed by atoms with Crippen molar-refractivity contribution >= 4 is 10.9 Å². The van der Waals surface area contributed by atoms with Crippen molar-refractivity contribution in [1.82, 2.24) is 4.98 Å². The molecule has 4 rings (SSSR count). The van der Waals surface area contributed by atoms with Crippen LogP contribution in [-0.4, -0.2) is 4.98 Å². The molecule has 3 aromatic rings. The summed E-state index contributed by atoms with van der Waals surface area (Å²) >= 11 is 0. The zero-order valence-electron chi connectivity index (χ0n) is 15.8. The first kappa shape index (κ1) is 16.3. The lowest BCUT2D eigenvalue weighted by Crippen LogP contribution is -2.32. The van der Waals surface area contributed by atoms with E-state index in [0.717, 1.165) is 11.4 Å². The molecule has 0 N–H and O–H groups in total. The van der Waals surface area contributed by atoms with Gasteiger partial charge in [0.1, 0.15) is 5.69 Å². The summed E-state index contributed by atoms with van der Waals surface area (Å²) < 4.78 is 2.18. The number of nitrogens with zero attached hydrogens (tertiary/aromatic N) is 2. The molecule has 1 saturated carbocycles. The molecule has 0 saturated heterocycles. The van der Waals surface area contributed by atoms with Crippen LogP contribution in [0.5, 0.6) is 0 Å². The average molecular weight is 331 g/mol. The zero-order chi connectivity index (χ0) is 17.6. The van der Waals surface area contributed by atoms with E-state index in [4.69, 9.17) is 0 Å². The molecule has 0 atom stereocenters. The number of hydrogen-bond acceptors (Lipinski definition) is 1. The molecular formula is C23H27N2+. The maximum absolute atomic E-state index is 4.64. The van der Waals surface area contributed by atoms with Crippen LogP contribution >= 0.6 is 0 Å². The van der Waals surface area contributed by atoms with Crippen molar-refractivity contribution in [3.8, 4) is 11.3 Å². The minimum atomic E-state index is 0.735. The number of aromatic nitrogens is 2. The van der Waals surface area contributed by atoms with Gasteiger partial charge in [0.25, 0.3) is 6.33 Å². The monoisotopic (exact) mass is 331 g/mol. The second-order valence-corrected chi connectivity index (χ2v) is 7.72. The molecule has 1 fully saturated rings. The third kappa shape index (κ3) is 2.84. The van der Waals surface area contributed by atoms with Gasteiger partial charge in [-0.25, -0.2) is 4.57 Å². The van der Waals surface area contributed by atoms with Gasteiger partial charge in [0.05, 0.1) is 12.4 Å². The van der Waals surface area contributed by atoms with Crippen molar-refractivity contribution in [2.24, 2.45) is 7.05 Å². The Hall–Kier alpha value is -2.22. The fourth-order valence-corrected chi connectivity index (χ4v) is 4.31. The minimum absolute atomic E-state index is 0.735. The Kier molecular flexibility index (Phi) is 4.07. The Labute approximate surface area is 150 Å². The summed E-state index contributed by atoms with van der Waals surface area (Å²) in [5.74, 6) is 0.735. The smallest absolute Gasteiger partial charge is 0.232 e. The van der Waals surface area contributed by atoms with Gasteiger partial charge in [-0.2, -0.15) is 0 Å². The van der Waals surface area contributed by atoms with Gasteiger partial charge in [-0.05, 0) is 85.0 Å². The molecule has 0 unspecified atom stereocenters. The third-order valence-corrected chi connectivity index (χ3v) is 5.90. The van der Waals surface area contributed by atoms with Crippen molar-refractivity contribution in [2.75, 3.05) is 0 Å². The first-order valence-electron chi connectivity index (χ1n) is 9.41. The molecule has 2 heteroatoms. The molecule has 0 aliphatic heterocycles. The van der Waals surface area contributed by atoms with Gasteiger partial charge in [-0.15, -0.1) is 0 Å². The highest BCUT2D eigenvalue weighted by molar-refractivity contribution is 5.92. The van der Waals surface area contributed by atoms with Crippen LogP contribution in [0.15, 0.2) is 36.7 Å². The summed E-state index contributed by atoms with van der Waals surface area (Å²) in [6.07, 6.45) is 7.37. The molecule has 0 spiro atoms. The van der Waals surface area contributed by atoms with Crippen LogP contribution in [0.2, 0.25) is 0 Å². The summed E-state index contributed by atoms with van der Waals surface area (Å²) in [6.45, 7) is 6.64. The maximum atomic E-state index is 4.64. The summed E-state index contributed by atoms with van der Waals surface area (Å²) in [6, 6.07) is 11.5. The summed E-state index contributed by atoms with van der Waals surface area (Å²) in [4.78, 5) is 4.64. The lowest BCUT2D eigenvalue weighted by atomic mass is 9.89. The topological polar surface area (TPSA) is 16.8 Å². The van der Waals surface area contributed by atoms with Crippen molar-refractivity contribution in [2.45, 2.75) is 52.4 Å². The molecular weight excluding hydrogens is 304 g/mol. The van der Waals surface area contributed by atoms with E-state index in [-0.39, 0.29) is 0 Å². The molecule has 1 aliphatic rings. The zero-order valence-corrected chi connectivity index (χ0v) is 15.8. The van der Waals surface area contributed by atoms with Gasteiger partial charge < -0.3 is 0 Å². The van der Waals surface area contributed by atoms with Crippen LogP contribution in [-0.2, 0) is 7.05 Å². The highest BCUT2D eigenvalue weighted by atomic mass is 15.0. The largest absolute Gasteiger partial charge is 0.287 e. The van der Waals surface area contributed by atoms with Crippen LogP contribution in [0, 0.1) is 20.8 Å². The van der Waals surface area contributed by atoms with E-state index in [2.05, 4.69) is 67.7 Å². The maximum Gasteiger partial charge on any atom is 0.287 e. The summed E-state index contributed by atoms with van der Waals surface area (Å²) in [7, 11) is 2.11. The van der Waals surface area contributed by atoms with E-state index in [0.29, 0.717) is 0 Å². The Morgan fingerprint density at radius 3 is 2.52 bits per heavy atom. The lowest BCUT2D eigenvalue weighted by Gasteiger charge is -2.17. The van der Waals surface area contributed by atoms with E-state index < -0.39 is 0 Å². The molecule has 0 amide bonds. The number of benzene rings is 2. The Bertz CT molecular complexity index is 950. The van der Waals surface area contributed by atoms with E-state index >= 15 is 0 Å². The Balaban J connectivity index is 1.98. The first-order chi connectivity index (χ1) is 12.0. The summed E-state index contributed by atoms with van der Waals surface area (Å²) in [5, 5.41) is 1.24. The fraction of sp³-hybridized carbons (Fsp3) is 0.391. The molecule has 1 heterocycles. The van der Waals surface area contributed by atoms with Crippen molar-refractivity contribution in [3.05, 3.63) is 58.9 Å². The standard InChI is InChI=1S/C23H27N2/c1-15-9-10-20-22(11-15)24-14-25(4)23(20)21-13-19(12-16(2)17(21)3)18-7-5-6-8-18/h9-14,18H,5-8H2,1-4H3/q+1. The highest BCUT2D eigenvalue weighted by Crippen LogP contribution is 2.38. The van der Waals surface area contributed by atoms with Crippen LogP contribution < -0.4 is 4.57 Å². The molecule has 25 heavy (non-hydrogen) atoms. The predicted octanol–water partition coefficient (Wildman–Crippen LogP) is 5.31. The van der Waals surface area contributed by atoms with Gasteiger partial charge in [0, 0.05) is 5.56 Å². The molecule has 2 nitrogen and oxygen atoms in total. The van der Waals surface area contributed by atoms with Crippen molar-refractivity contribution in [1.29, 1.82) is 0 Å². The molecule has 1 aliphatic carbocycles. The molecule has 128 valence electrons. The predicted molar refractivity (Wildman–Crippen MR) is 104 cm³/mol.